The van der Waals surface area contributed by atoms with Crippen molar-refractivity contribution < 1.29 is 4.79 Å². The van der Waals surface area contributed by atoms with Crippen LogP contribution in [0.2, 0.25) is 0 Å². The molecule has 3 nitrogen and oxygen atoms in total. The number of Topliss-reactive ketones (excluding diaryl/α,β-unsaturated/α-hetero) is 1. The van der Waals surface area contributed by atoms with Gasteiger partial charge in [0.25, 0.3) is 0 Å². The van der Waals surface area contributed by atoms with Crippen molar-refractivity contribution in [2.24, 2.45) is 10.8 Å². The first-order valence-electron chi connectivity index (χ1n) is 10.1. The lowest BCUT2D eigenvalue weighted by molar-refractivity contribution is -0.136. The smallest absolute Gasteiger partial charge is 0.139 e. The first kappa shape index (κ1) is 17.4. The topological polar surface area (TPSA) is 23.6 Å². The molecule has 1 unspecified atom stereocenters. The average Bonchev–Trinajstić information content (AvgIpc) is 3.19. The second-order valence-corrected chi connectivity index (χ2v) is 8.52. The van der Waals surface area contributed by atoms with Crippen LogP contribution in [0, 0.1) is 10.8 Å². The van der Waals surface area contributed by atoms with E-state index in [2.05, 4.69) is 23.6 Å². The summed E-state index contributed by atoms with van der Waals surface area (Å²) in [5.41, 5.74) is 0.354. The molecular formula is C20H36N2O. The van der Waals surface area contributed by atoms with Crippen molar-refractivity contribution in [2.45, 2.75) is 71.6 Å². The van der Waals surface area contributed by atoms with Gasteiger partial charge in [0.15, 0.2) is 0 Å². The Bertz CT molecular complexity index is 412. The van der Waals surface area contributed by atoms with E-state index in [9.17, 15) is 4.79 Å². The summed E-state index contributed by atoms with van der Waals surface area (Å²) in [5, 5.41) is 0. The van der Waals surface area contributed by atoms with Gasteiger partial charge < -0.3 is 9.80 Å². The molecule has 0 aromatic carbocycles. The van der Waals surface area contributed by atoms with Crippen LogP contribution in [0.1, 0.15) is 71.6 Å². The Morgan fingerprint density at radius 3 is 2.26 bits per heavy atom. The highest BCUT2D eigenvalue weighted by Gasteiger charge is 2.49. The van der Waals surface area contributed by atoms with E-state index >= 15 is 0 Å². The lowest BCUT2D eigenvalue weighted by Crippen LogP contribution is -2.43. The highest BCUT2D eigenvalue weighted by atomic mass is 16.1. The maximum absolute atomic E-state index is 12.8. The van der Waals surface area contributed by atoms with E-state index in [4.69, 9.17) is 0 Å². The molecule has 3 rings (SSSR count). The molecule has 0 bridgehead atoms. The summed E-state index contributed by atoms with van der Waals surface area (Å²) < 4.78 is 0. The second kappa shape index (κ2) is 7.23. The molecule has 1 atom stereocenters. The summed E-state index contributed by atoms with van der Waals surface area (Å²) in [7, 11) is 0. The number of likely N-dealkylation sites (tertiary alicyclic amines) is 2. The Labute approximate surface area is 142 Å². The molecule has 2 aliphatic heterocycles. The molecule has 0 aromatic rings. The standard InChI is InChI=1S/C20H36N2O/c1-3-20(4-2)9-8-19(16-18(20)23)10-15-22(17-19)14-7-13-21-11-5-6-12-21/h3-17H2,1-2H3. The average molecular weight is 321 g/mol. The van der Waals surface area contributed by atoms with Gasteiger partial charge in [0.1, 0.15) is 5.78 Å². The number of nitrogens with zero attached hydrogens (tertiary/aromatic N) is 2. The SMILES string of the molecule is CCC1(CC)CCC2(CCN(CCCN3CCCC3)C2)CC1=O. The first-order chi connectivity index (χ1) is 11.1. The minimum Gasteiger partial charge on any atom is -0.303 e. The molecule has 3 fully saturated rings. The maximum Gasteiger partial charge on any atom is 0.139 e. The molecule has 1 spiro atoms. The van der Waals surface area contributed by atoms with Gasteiger partial charge in [0.2, 0.25) is 0 Å². The van der Waals surface area contributed by atoms with Gasteiger partial charge in [-0.25, -0.2) is 0 Å². The molecule has 1 saturated carbocycles. The molecule has 0 aromatic heterocycles. The lowest BCUT2D eigenvalue weighted by atomic mass is 9.60. The normalized spacial score (nSPS) is 32.2. The molecule has 0 radical (unpaired) electrons. The number of carbonyl (C=O) groups is 1. The Morgan fingerprint density at radius 1 is 0.913 bits per heavy atom. The van der Waals surface area contributed by atoms with Gasteiger partial charge in [-0.2, -0.15) is 0 Å². The number of hydrogen-bond donors (Lipinski definition) is 0. The van der Waals surface area contributed by atoms with Crippen LogP contribution in [-0.2, 0) is 4.79 Å². The molecular weight excluding hydrogens is 284 g/mol. The zero-order valence-electron chi connectivity index (χ0n) is 15.4. The Balaban J connectivity index is 1.46. The minimum atomic E-state index is 0.0222. The van der Waals surface area contributed by atoms with Gasteiger partial charge >= 0.3 is 0 Å². The molecule has 132 valence electrons. The van der Waals surface area contributed by atoms with Gasteiger partial charge in [-0.3, -0.25) is 4.79 Å². The van der Waals surface area contributed by atoms with Gasteiger partial charge in [0, 0.05) is 18.4 Å². The van der Waals surface area contributed by atoms with Crippen LogP contribution < -0.4 is 0 Å². The largest absolute Gasteiger partial charge is 0.303 e. The summed E-state index contributed by atoms with van der Waals surface area (Å²) in [6.45, 7) is 12.0. The van der Waals surface area contributed by atoms with Gasteiger partial charge in [0.05, 0.1) is 0 Å². The van der Waals surface area contributed by atoms with Crippen LogP contribution in [0.4, 0.5) is 0 Å². The number of hydrogen-bond acceptors (Lipinski definition) is 3. The van der Waals surface area contributed by atoms with Crippen molar-refractivity contribution in [1.29, 1.82) is 0 Å². The fraction of sp³-hybridized carbons (Fsp3) is 0.950. The second-order valence-electron chi connectivity index (χ2n) is 8.52. The zero-order chi connectivity index (χ0) is 16.3. The third-order valence-electron chi connectivity index (χ3n) is 7.28. The van der Waals surface area contributed by atoms with Crippen LogP contribution >= 0.6 is 0 Å². The lowest BCUT2D eigenvalue weighted by Gasteiger charge is -2.43. The van der Waals surface area contributed by atoms with Crippen LogP contribution in [0.15, 0.2) is 0 Å². The van der Waals surface area contributed by atoms with E-state index < -0.39 is 0 Å². The number of ketones is 1. The predicted octanol–water partition coefficient (Wildman–Crippen LogP) is 3.72. The summed E-state index contributed by atoms with van der Waals surface area (Å²) in [6.07, 6.45) is 10.7. The van der Waals surface area contributed by atoms with Crippen molar-refractivity contribution in [1.82, 2.24) is 9.80 Å². The van der Waals surface area contributed by atoms with E-state index in [-0.39, 0.29) is 5.41 Å². The highest BCUT2D eigenvalue weighted by molar-refractivity contribution is 5.86. The molecule has 0 amide bonds. The van der Waals surface area contributed by atoms with E-state index in [0.29, 0.717) is 11.2 Å². The van der Waals surface area contributed by atoms with Crippen LogP contribution in [0.5, 0.6) is 0 Å². The molecule has 23 heavy (non-hydrogen) atoms. The van der Waals surface area contributed by atoms with Gasteiger partial charge in [-0.05, 0) is 89.5 Å². The zero-order valence-corrected chi connectivity index (χ0v) is 15.4. The van der Waals surface area contributed by atoms with Gasteiger partial charge in [-0.15, -0.1) is 0 Å². The van der Waals surface area contributed by atoms with Crippen LogP contribution in [0.3, 0.4) is 0 Å². The van der Waals surface area contributed by atoms with Crippen molar-refractivity contribution in [3.63, 3.8) is 0 Å². The molecule has 3 aliphatic rings. The maximum atomic E-state index is 12.8. The van der Waals surface area contributed by atoms with Crippen LogP contribution in [-0.4, -0.2) is 54.9 Å². The van der Waals surface area contributed by atoms with Crippen molar-refractivity contribution in [3.05, 3.63) is 0 Å². The summed E-state index contributed by atoms with van der Waals surface area (Å²) in [4.78, 5) is 18.1. The quantitative estimate of drug-likeness (QED) is 0.745. The van der Waals surface area contributed by atoms with Crippen LogP contribution in [0.25, 0.3) is 0 Å². The highest BCUT2D eigenvalue weighted by Crippen LogP contribution is 2.50. The van der Waals surface area contributed by atoms with E-state index in [0.717, 1.165) is 25.7 Å². The summed E-state index contributed by atoms with van der Waals surface area (Å²) >= 11 is 0. The number of carbonyl (C=O) groups excluding carboxylic acids is 1. The third-order valence-corrected chi connectivity index (χ3v) is 7.28. The van der Waals surface area contributed by atoms with E-state index in [1.165, 1.54) is 71.4 Å². The van der Waals surface area contributed by atoms with E-state index in [1.54, 1.807) is 0 Å². The molecule has 2 saturated heterocycles. The Hall–Kier alpha value is -0.410. The molecule has 2 heterocycles. The van der Waals surface area contributed by atoms with Gasteiger partial charge in [-0.1, -0.05) is 13.8 Å². The molecule has 1 aliphatic carbocycles. The molecule has 3 heteroatoms. The summed E-state index contributed by atoms with van der Waals surface area (Å²) in [5.74, 6) is 0.577. The van der Waals surface area contributed by atoms with E-state index in [1.807, 2.05) is 0 Å². The van der Waals surface area contributed by atoms with Crippen molar-refractivity contribution in [2.75, 3.05) is 39.3 Å². The fourth-order valence-electron chi connectivity index (χ4n) is 5.35. The number of rotatable bonds is 6. The monoisotopic (exact) mass is 320 g/mol. The van der Waals surface area contributed by atoms with Crippen molar-refractivity contribution >= 4 is 5.78 Å². The summed E-state index contributed by atoms with van der Waals surface area (Å²) in [6, 6.07) is 0. The minimum absolute atomic E-state index is 0.0222. The fourth-order valence-corrected chi connectivity index (χ4v) is 5.35. The Kier molecular flexibility index (Phi) is 5.47. The predicted molar refractivity (Wildman–Crippen MR) is 95.7 cm³/mol. The Morgan fingerprint density at radius 2 is 1.61 bits per heavy atom. The van der Waals surface area contributed by atoms with Crippen molar-refractivity contribution in [3.8, 4) is 0 Å². The molecule has 0 N–H and O–H groups in total. The third kappa shape index (κ3) is 3.66. The first-order valence-corrected chi connectivity index (χ1v) is 10.1.